The minimum absolute atomic E-state index is 0.0825. The topological polar surface area (TPSA) is 75.7 Å². The van der Waals surface area contributed by atoms with Crippen molar-refractivity contribution in [1.29, 1.82) is 0 Å². The number of amides is 1. The Morgan fingerprint density at radius 1 is 1.20 bits per heavy atom. The number of hydrogen-bond donors (Lipinski definition) is 1. The van der Waals surface area contributed by atoms with Crippen molar-refractivity contribution >= 4 is 27.5 Å². The third-order valence-electron chi connectivity index (χ3n) is 3.51. The molecule has 0 aliphatic carbocycles. The third-order valence-corrected chi connectivity index (χ3v) is 5.57. The maximum Gasteiger partial charge on any atom is 0.247 e. The first-order valence-corrected chi connectivity index (χ1v) is 9.27. The number of benzene rings is 2. The third kappa shape index (κ3) is 4.94. The molecule has 0 atom stereocenters. The summed E-state index contributed by atoms with van der Waals surface area (Å²) in [6.07, 6.45) is 0. The fourth-order valence-electron chi connectivity index (χ4n) is 2.16. The molecule has 2 rings (SSSR count). The number of methoxy groups -OCH3 is 1. The molecule has 2 aromatic carbocycles. The number of halogens is 1. The molecule has 1 amide bonds. The van der Waals surface area contributed by atoms with Crippen LogP contribution in [0.2, 0.25) is 5.02 Å². The fraction of sp³-hybridized carbons (Fsp3) is 0.235. The van der Waals surface area contributed by atoms with Crippen LogP contribution in [-0.4, -0.2) is 39.3 Å². The maximum atomic E-state index is 12.7. The number of nitrogens with one attached hydrogen (secondary N) is 1. The predicted molar refractivity (Wildman–Crippen MR) is 96.1 cm³/mol. The van der Waals surface area contributed by atoms with E-state index in [1.165, 1.54) is 32.4 Å². The van der Waals surface area contributed by atoms with E-state index >= 15 is 0 Å². The number of ether oxygens (including phenoxy) is 1. The summed E-state index contributed by atoms with van der Waals surface area (Å²) in [6, 6.07) is 13.7. The zero-order valence-corrected chi connectivity index (χ0v) is 15.5. The van der Waals surface area contributed by atoms with E-state index in [-0.39, 0.29) is 22.2 Å². The van der Waals surface area contributed by atoms with E-state index in [0.717, 1.165) is 9.87 Å². The van der Waals surface area contributed by atoms with Crippen LogP contribution in [0.25, 0.3) is 0 Å². The molecular formula is C17H19ClN2O4S. The van der Waals surface area contributed by atoms with Gasteiger partial charge in [0, 0.05) is 18.6 Å². The van der Waals surface area contributed by atoms with Crippen LogP contribution in [0.1, 0.15) is 5.56 Å². The van der Waals surface area contributed by atoms with Gasteiger partial charge >= 0.3 is 0 Å². The molecule has 8 heteroatoms. The molecular weight excluding hydrogens is 364 g/mol. The van der Waals surface area contributed by atoms with Crippen molar-refractivity contribution in [3.05, 3.63) is 59.1 Å². The van der Waals surface area contributed by atoms with Crippen LogP contribution in [0, 0.1) is 0 Å². The van der Waals surface area contributed by atoms with Crippen molar-refractivity contribution < 1.29 is 17.9 Å². The van der Waals surface area contributed by atoms with E-state index in [4.69, 9.17) is 16.3 Å². The molecule has 0 aromatic heterocycles. The summed E-state index contributed by atoms with van der Waals surface area (Å²) >= 11 is 5.89. The number of hydrogen-bond acceptors (Lipinski definition) is 4. The monoisotopic (exact) mass is 382 g/mol. The van der Waals surface area contributed by atoms with Crippen molar-refractivity contribution in [3.63, 3.8) is 0 Å². The van der Waals surface area contributed by atoms with Crippen molar-refractivity contribution in [2.45, 2.75) is 11.4 Å². The Morgan fingerprint density at radius 2 is 1.88 bits per heavy atom. The second-order valence-electron chi connectivity index (χ2n) is 5.32. The van der Waals surface area contributed by atoms with Gasteiger partial charge in [0.2, 0.25) is 15.9 Å². The van der Waals surface area contributed by atoms with Gasteiger partial charge in [-0.15, -0.1) is 0 Å². The van der Waals surface area contributed by atoms with Crippen LogP contribution in [0.5, 0.6) is 5.75 Å². The lowest BCUT2D eigenvalue weighted by molar-refractivity contribution is -0.121. The standard InChI is InChI=1S/C17H19ClN2O4S/c1-20(12-17(21)19-11-13-6-4-3-5-7-13)25(22,23)16-10-14(18)8-9-15(16)24-2/h3-10H,11-12H2,1-2H3,(H,19,21). The molecule has 0 saturated heterocycles. The van der Waals surface area contributed by atoms with E-state index in [0.29, 0.717) is 6.54 Å². The Hall–Kier alpha value is -2.09. The fourth-order valence-corrected chi connectivity index (χ4v) is 3.70. The highest BCUT2D eigenvalue weighted by molar-refractivity contribution is 7.89. The van der Waals surface area contributed by atoms with E-state index in [2.05, 4.69) is 5.32 Å². The van der Waals surface area contributed by atoms with Crippen molar-refractivity contribution in [3.8, 4) is 5.75 Å². The summed E-state index contributed by atoms with van der Waals surface area (Å²) in [5, 5.41) is 2.96. The molecule has 0 saturated carbocycles. The number of carbonyl (C=O) groups excluding carboxylic acids is 1. The first-order chi connectivity index (χ1) is 11.8. The predicted octanol–water partition coefficient (Wildman–Crippen LogP) is 2.29. The summed E-state index contributed by atoms with van der Waals surface area (Å²) in [7, 11) is -1.22. The van der Waals surface area contributed by atoms with E-state index in [1.807, 2.05) is 30.3 Å². The molecule has 134 valence electrons. The lowest BCUT2D eigenvalue weighted by Gasteiger charge is -2.18. The average molecular weight is 383 g/mol. The molecule has 0 fully saturated rings. The quantitative estimate of drug-likeness (QED) is 0.797. The van der Waals surface area contributed by atoms with Crippen LogP contribution in [0.15, 0.2) is 53.4 Å². The van der Waals surface area contributed by atoms with Crippen LogP contribution in [0.4, 0.5) is 0 Å². The molecule has 25 heavy (non-hydrogen) atoms. The summed E-state index contributed by atoms with van der Waals surface area (Å²) in [4.78, 5) is 12.0. The molecule has 2 aromatic rings. The van der Waals surface area contributed by atoms with Crippen LogP contribution < -0.4 is 10.1 Å². The van der Waals surface area contributed by atoms with Crippen molar-refractivity contribution in [2.75, 3.05) is 20.7 Å². The Bertz CT molecular complexity index is 841. The molecule has 6 nitrogen and oxygen atoms in total. The van der Waals surface area contributed by atoms with Gasteiger partial charge in [0.25, 0.3) is 0 Å². The highest BCUT2D eigenvalue weighted by Gasteiger charge is 2.26. The van der Waals surface area contributed by atoms with Gasteiger partial charge in [0.1, 0.15) is 10.6 Å². The molecule has 0 bridgehead atoms. The Kier molecular flexibility index (Phi) is 6.41. The summed E-state index contributed by atoms with van der Waals surface area (Å²) < 4.78 is 31.4. The minimum atomic E-state index is -3.92. The van der Waals surface area contributed by atoms with Crippen molar-refractivity contribution in [1.82, 2.24) is 9.62 Å². The molecule has 1 N–H and O–H groups in total. The molecule has 0 radical (unpaired) electrons. The van der Waals surface area contributed by atoms with Crippen molar-refractivity contribution in [2.24, 2.45) is 0 Å². The van der Waals surface area contributed by atoms with Gasteiger partial charge < -0.3 is 10.1 Å². The van der Waals surface area contributed by atoms with Gasteiger partial charge in [-0.25, -0.2) is 8.42 Å². The number of rotatable bonds is 7. The minimum Gasteiger partial charge on any atom is -0.495 e. The molecule has 0 heterocycles. The van der Waals surface area contributed by atoms with Gasteiger partial charge in [0.15, 0.2) is 0 Å². The van der Waals surface area contributed by atoms with E-state index < -0.39 is 15.9 Å². The Morgan fingerprint density at radius 3 is 2.52 bits per heavy atom. The van der Waals surface area contributed by atoms with Crippen LogP contribution in [0.3, 0.4) is 0 Å². The van der Waals surface area contributed by atoms with Gasteiger partial charge in [-0.05, 0) is 23.8 Å². The van der Waals surface area contributed by atoms with Crippen LogP contribution >= 0.6 is 11.6 Å². The van der Waals surface area contributed by atoms with E-state index in [1.54, 1.807) is 0 Å². The van der Waals surface area contributed by atoms with Gasteiger partial charge in [-0.3, -0.25) is 4.79 Å². The normalized spacial score (nSPS) is 11.4. The van der Waals surface area contributed by atoms with Crippen LogP contribution in [-0.2, 0) is 21.4 Å². The smallest absolute Gasteiger partial charge is 0.247 e. The summed E-state index contributed by atoms with van der Waals surface area (Å²) in [6.45, 7) is 0.0128. The number of nitrogens with zero attached hydrogens (tertiary/aromatic N) is 1. The zero-order chi connectivity index (χ0) is 18.4. The highest BCUT2D eigenvalue weighted by atomic mass is 35.5. The average Bonchev–Trinajstić information content (AvgIpc) is 2.60. The lowest BCUT2D eigenvalue weighted by atomic mass is 10.2. The first kappa shape index (κ1) is 19.2. The largest absolute Gasteiger partial charge is 0.495 e. The SMILES string of the molecule is COc1ccc(Cl)cc1S(=O)(=O)N(C)CC(=O)NCc1ccccc1. The van der Waals surface area contributed by atoms with Gasteiger partial charge in [0.05, 0.1) is 13.7 Å². The second-order valence-corrected chi connectivity index (χ2v) is 7.77. The lowest BCUT2D eigenvalue weighted by Crippen LogP contribution is -2.38. The number of carbonyl (C=O) groups is 1. The number of sulfonamides is 1. The van der Waals surface area contributed by atoms with E-state index in [9.17, 15) is 13.2 Å². The molecule has 0 unspecified atom stereocenters. The Labute approximate surface area is 152 Å². The zero-order valence-electron chi connectivity index (χ0n) is 13.9. The second kappa shape index (κ2) is 8.33. The van der Waals surface area contributed by atoms with Gasteiger partial charge in [-0.2, -0.15) is 4.31 Å². The summed E-state index contributed by atoms with van der Waals surface area (Å²) in [5.74, 6) is -0.239. The van der Waals surface area contributed by atoms with Gasteiger partial charge in [-0.1, -0.05) is 41.9 Å². The molecule has 0 spiro atoms. The first-order valence-electron chi connectivity index (χ1n) is 7.45. The summed E-state index contributed by atoms with van der Waals surface area (Å²) in [5.41, 5.74) is 0.929. The molecule has 0 aliphatic rings. The number of likely N-dealkylation sites (N-methyl/N-ethyl adjacent to an activating group) is 1. The molecule has 0 aliphatic heterocycles. The maximum absolute atomic E-state index is 12.7. The highest BCUT2D eigenvalue weighted by Crippen LogP contribution is 2.28. The Balaban J connectivity index is 2.07.